The molecule has 12 heteroatoms. The monoisotopic (exact) mass is 555 g/mol. The van der Waals surface area contributed by atoms with E-state index in [9.17, 15) is 9.59 Å². The van der Waals surface area contributed by atoms with Crippen molar-refractivity contribution >= 4 is 42.4 Å². The second-order valence-electron chi connectivity index (χ2n) is 8.53. The van der Waals surface area contributed by atoms with Crippen molar-refractivity contribution in [2.24, 2.45) is 0 Å². The highest BCUT2D eigenvalue weighted by Gasteiger charge is 2.14. The number of thioether (sulfide) groups is 1. The van der Waals surface area contributed by atoms with Gasteiger partial charge in [0.2, 0.25) is 11.1 Å². The van der Waals surface area contributed by atoms with E-state index in [4.69, 9.17) is 19.5 Å². The summed E-state index contributed by atoms with van der Waals surface area (Å²) in [5.41, 5.74) is 9.91. The lowest BCUT2D eigenvalue weighted by molar-refractivity contribution is 0.108. The Morgan fingerprint density at radius 2 is 1.76 bits per heavy atom. The number of fused-ring (bicyclic) bond motifs is 1. The molecule has 2 aromatic heterocycles. The summed E-state index contributed by atoms with van der Waals surface area (Å²) in [6.45, 7) is 5.52. The van der Waals surface area contributed by atoms with Gasteiger partial charge in [-0.05, 0) is 19.4 Å². The first-order valence-electron chi connectivity index (χ1n) is 12.0. The number of H-pyrrole nitrogens is 1. The maximum Gasteiger partial charge on any atom is 0.280 e. The van der Waals surface area contributed by atoms with Crippen molar-refractivity contribution in [1.82, 2.24) is 19.5 Å². The molecule has 0 amide bonds. The van der Waals surface area contributed by atoms with Gasteiger partial charge >= 0.3 is 0 Å². The quantitative estimate of drug-likeness (QED) is 0.182. The number of nitrogens with zero attached hydrogens (tertiary/aromatic N) is 3. The summed E-state index contributed by atoms with van der Waals surface area (Å²) < 4.78 is 19.6. The molecule has 38 heavy (non-hydrogen) atoms. The Kier molecular flexibility index (Phi) is 10.0. The van der Waals surface area contributed by atoms with E-state index in [1.165, 1.54) is 23.7 Å². The summed E-state index contributed by atoms with van der Waals surface area (Å²) in [6, 6.07) is 15.6. The molecule has 2 heterocycles. The van der Waals surface area contributed by atoms with E-state index in [-0.39, 0.29) is 28.5 Å². The second-order valence-corrected chi connectivity index (χ2v) is 11.0. The molecule has 0 spiro atoms. The van der Waals surface area contributed by atoms with Gasteiger partial charge in [-0.15, -0.1) is 0 Å². The first-order chi connectivity index (χ1) is 18.4. The molecule has 0 aliphatic carbocycles. The van der Waals surface area contributed by atoms with Crippen LogP contribution in [0.25, 0.3) is 11.2 Å². The average Bonchev–Trinajstić information content (AvgIpc) is 3.31. The summed E-state index contributed by atoms with van der Waals surface area (Å²) >= 11 is 1.22. The molecule has 4 aromatic rings. The zero-order valence-corrected chi connectivity index (χ0v) is 23.0. The van der Waals surface area contributed by atoms with Crippen LogP contribution < -0.4 is 11.3 Å². The van der Waals surface area contributed by atoms with Gasteiger partial charge < -0.3 is 24.1 Å². The van der Waals surface area contributed by atoms with Crippen molar-refractivity contribution in [3.05, 3.63) is 87.5 Å². The number of imidazole rings is 1. The number of hydrogen-bond acceptors (Lipinski definition) is 9. The number of nitrogen functional groups attached to an aromatic ring is 1. The Hall–Kier alpha value is -3.08. The molecule has 0 saturated carbocycles. The number of aromatic amines is 1. The van der Waals surface area contributed by atoms with Crippen LogP contribution in [-0.2, 0) is 26.9 Å². The molecule has 3 N–H and O–H groups in total. The first-order valence-corrected chi connectivity index (χ1v) is 14.3. The number of ether oxygens (including phenoxy) is 1. The molecule has 10 nitrogen and oxygen atoms in total. The second kappa shape index (κ2) is 13.6. The van der Waals surface area contributed by atoms with Gasteiger partial charge in [0.25, 0.3) is 5.56 Å². The molecule has 4 rings (SSSR count). The van der Waals surface area contributed by atoms with Gasteiger partial charge in [-0.25, -0.2) is 4.98 Å². The number of benzene rings is 2. The van der Waals surface area contributed by atoms with Crippen molar-refractivity contribution < 1.29 is 18.6 Å². The highest BCUT2D eigenvalue weighted by molar-refractivity contribution is 8.14. The first kappa shape index (κ1) is 27.9. The number of anilines is 1. The number of nitrogens with two attached hydrogens (primary N) is 1. The smallest absolute Gasteiger partial charge is 0.280 e. The van der Waals surface area contributed by atoms with Crippen LogP contribution in [0.5, 0.6) is 0 Å². The van der Waals surface area contributed by atoms with E-state index in [2.05, 4.69) is 15.0 Å². The van der Waals surface area contributed by atoms with Crippen molar-refractivity contribution in [2.45, 2.75) is 27.0 Å². The minimum atomic E-state index is -1.36. The molecule has 0 aliphatic rings. The molecule has 0 fully saturated rings. The molecular weight excluding hydrogens is 525 g/mol. The highest BCUT2D eigenvalue weighted by atomic mass is 32.2. The van der Waals surface area contributed by atoms with Gasteiger partial charge in [0.15, 0.2) is 19.5 Å². The Balaban J connectivity index is 1.27. The van der Waals surface area contributed by atoms with E-state index in [0.717, 1.165) is 11.1 Å². The fraction of sp³-hybridized carbons (Fsp3) is 0.308. The van der Waals surface area contributed by atoms with Crippen molar-refractivity contribution in [3.63, 3.8) is 0 Å². The Morgan fingerprint density at radius 3 is 2.50 bits per heavy atom. The van der Waals surface area contributed by atoms with E-state index in [1.54, 1.807) is 4.57 Å². The summed E-state index contributed by atoms with van der Waals surface area (Å²) in [7, 11) is -1.36. The van der Waals surface area contributed by atoms with Crippen molar-refractivity contribution in [2.75, 3.05) is 31.0 Å². The van der Waals surface area contributed by atoms with E-state index in [0.29, 0.717) is 43.3 Å². The predicted octanol–water partition coefficient (Wildman–Crippen LogP) is 4.41. The zero-order chi connectivity index (χ0) is 26.9. The van der Waals surface area contributed by atoms with Crippen LogP contribution in [0.15, 0.2) is 59.7 Å². The van der Waals surface area contributed by atoms with E-state index < -0.39 is 8.38 Å². The molecule has 1 unspecified atom stereocenters. The third-order valence-electron chi connectivity index (χ3n) is 5.50. The van der Waals surface area contributed by atoms with Crippen LogP contribution in [0.4, 0.5) is 5.95 Å². The van der Waals surface area contributed by atoms with Gasteiger partial charge in [0.05, 0.1) is 26.1 Å². The predicted molar refractivity (Wildman–Crippen MR) is 150 cm³/mol. The number of carbonyl (C=O) groups is 1. The Morgan fingerprint density at radius 1 is 1.05 bits per heavy atom. The molecule has 1 atom stereocenters. The lowest BCUT2D eigenvalue weighted by atomic mass is 10.2. The summed E-state index contributed by atoms with van der Waals surface area (Å²) in [5, 5.41) is 0.00962. The topological polar surface area (TPSA) is 134 Å². The number of aromatic nitrogens is 4. The Labute approximate surface area is 225 Å². The van der Waals surface area contributed by atoms with Crippen LogP contribution in [0, 0.1) is 13.8 Å². The normalized spacial score (nSPS) is 12.2. The maximum absolute atomic E-state index is 12.4. The van der Waals surface area contributed by atoms with Gasteiger partial charge in [0.1, 0.15) is 6.35 Å². The van der Waals surface area contributed by atoms with Gasteiger partial charge in [-0.3, -0.25) is 14.6 Å². The fourth-order valence-corrected chi connectivity index (χ4v) is 5.29. The number of aryl methyl sites for hydroxylation is 2. The van der Waals surface area contributed by atoms with Crippen LogP contribution in [-0.4, -0.2) is 49.9 Å². The number of hydrogen-bond donors (Lipinski definition) is 2. The third kappa shape index (κ3) is 7.96. The molecule has 2 aromatic carbocycles. The molecule has 0 aliphatic heterocycles. The Bertz CT molecular complexity index is 1410. The van der Waals surface area contributed by atoms with Crippen LogP contribution in [0.2, 0.25) is 0 Å². The van der Waals surface area contributed by atoms with E-state index >= 15 is 0 Å². The molecule has 0 radical (unpaired) electrons. The minimum Gasteiger partial charge on any atom is -0.370 e. The molecule has 0 bridgehead atoms. The SMILES string of the molecule is Cc1ccc(COP(COCCn2cnc3c(=O)[nH]c(N)nc32)OCCSC(=O)c2ccc(C)cc2)cc1. The number of carbonyl (C=O) groups excluding carboxylic acids is 1. The summed E-state index contributed by atoms with van der Waals surface area (Å²) in [5.74, 6) is 0.535. The lowest BCUT2D eigenvalue weighted by Crippen LogP contribution is -2.13. The van der Waals surface area contributed by atoms with Crippen LogP contribution in [0.3, 0.4) is 0 Å². The van der Waals surface area contributed by atoms with Crippen molar-refractivity contribution in [3.8, 4) is 0 Å². The zero-order valence-electron chi connectivity index (χ0n) is 21.3. The molecule has 0 saturated heterocycles. The lowest BCUT2D eigenvalue weighted by Gasteiger charge is -2.18. The van der Waals surface area contributed by atoms with Gasteiger partial charge in [-0.1, -0.05) is 71.4 Å². The minimum absolute atomic E-state index is 0.00962. The van der Waals surface area contributed by atoms with Crippen LogP contribution in [0.1, 0.15) is 27.0 Å². The highest BCUT2D eigenvalue weighted by Crippen LogP contribution is 2.39. The summed E-state index contributed by atoms with van der Waals surface area (Å²) in [4.78, 5) is 35.1. The van der Waals surface area contributed by atoms with Crippen LogP contribution >= 0.6 is 20.1 Å². The number of rotatable bonds is 13. The van der Waals surface area contributed by atoms with Gasteiger partial charge in [-0.2, -0.15) is 4.98 Å². The summed E-state index contributed by atoms with van der Waals surface area (Å²) in [6.07, 6.45) is 1.78. The van der Waals surface area contributed by atoms with Gasteiger partial charge in [0, 0.05) is 17.9 Å². The molecule has 200 valence electrons. The largest absolute Gasteiger partial charge is 0.370 e. The van der Waals surface area contributed by atoms with Crippen molar-refractivity contribution in [1.29, 1.82) is 0 Å². The number of nitrogens with one attached hydrogen (secondary N) is 1. The van der Waals surface area contributed by atoms with E-state index in [1.807, 2.05) is 62.4 Å². The fourth-order valence-electron chi connectivity index (χ4n) is 3.43. The third-order valence-corrected chi connectivity index (χ3v) is 7.65. The molecular formula is C26H30N5O5PS. The average molecular weight is 556 g/mol. The maximum atomic E-state index is 12.4. The standard InChI is InChI=1S/C26H30N5O5PS/c1-18-3-7-20(8-4-18)15-36-37(35-13-14-38-25(33)21-9-5-19(2)6-10-21)17-34-12-11-31-16-28-22-23(31)29-26(27)30-24(22)32/h3-10,16H,11-15,17H2,1-2H3,(H3,27,29,30,32).